The molecule has 0 saturated heterocycles. The zero-order valence-corrected chi connectivity index (χ0v) is 11.0. The minimum Gasteiger partial charge on any atom is -0.465 e. The van der Waals surface area contributed by atoms with Crippen molar-refractivity contribution in [2.45, 2.75) is 0 Å². The fourth-order valence-electron chi connectivity index (χ4n) is 1.93. The molecule has 1 aromatic carbocycles. The summed E-state index contributed by atoms with van der Waals surface area (Å²) in [6.45, 7) is 0. The lowest BCUT2D eigenvalue weighted by Gasteiger charge is -2.04. The van der Waals surface area contributed by atoms with E-state index in [1.807, 2.05) is 16.8 Å². The summed E-state index contributed by atoms with van der Waals surface area (Å²) in [5.74, 6) is -0.375. The van der Waals surface area contributed by atoms with E-state index in [1.54, 1.807) is 23.5 Å². The zero-order chi connectivity index (χ0) is 12.7. The highest BCUT2D eigenvalue weighted by molar-refractivity contribution is 7.09. The predicted octanol–water partition coefficient (Wildman–Crippen LogP) is 3.89. The highest BCUT2D eigenvalue weighted by Gasteiger charge is 2.11. The van der Waals surface area contributed by atoms with Crippen molar-refractivity contribution in [1.82, 2.24) is 4.98 Å². The number of methoxy groups -OCH3 is 1. The highest BCUT2D eigenvalue weighted by Crippen LogP contribution is 2.32. The fourth-order valence-corrected chi connectivity index (χ4v) is 3.07. The Balaban J connectivity index is 2.35. The van der Waals surface area contributed by atoms with E-state index in [0.717, 1.165) is 16.2 Å². The van der Waals surface area contributed by atoms with E-state index >= 15 is 0 Å². The van der Waals surface area contributed by atoms with Gasteiger partial charge in [-0.15, -0.1) is 0 Å². The summed E-state index contributed by atoms with van der Waals surface area (Å²) >= 11 is 7.70. The average Bonchev–Trinajstić information content (AvgIpc) is 2.87. The number of benzene rings is 1. The van der Waals surface area contributed by atoms with Crippen LogP contribution in [0.4, 0.5) is 0 Å². The molecule has 0 aliphatic heterocycles. The van der Waals surface area contributed by atoms with Crippen LogP contribution in [0.3, 0.4) is 0 Å². The number of rotatable bonds is 1. The SMILES string of the molecule is COC(=O)c1ccc2c(c1)nc(Cl)c1cscc12. The lowest BCUT2D eigenvalue weighted by Crippen LogP contribution is -2.00. The molecule has 0 aliphatic carbocycles. The Kier molecular flexibility index (Phi) is 2.69. The van der Waals surface area contributed by atoms with E-state index < -0.39 is 0 Å². The highest BCUT2D eigenvalue weighted by atomic mass is 35.5. The fraction of sp³-hybridized carbons (Fsp3) is 0.0769. The van der Waals surface area contributed by atoms with Gasteiger partial charge in [-0.2, -0.15) is 11.3 Å². The van der Waals surface area contributed by atoms with Crippen molar-refractivity contribution in [3.63, 3.8) is 0 Å². The van der Waals surface area contributed by atoms with Crippen LogP contribution in [0, 0.1) is 0 Å². The van der Waals surface area contributed by atoms with E-state index in [9.17, 15) is 4.79 Å². The molecule has 0 spiro atoms. The third kappa shape index (κ3) is 1.65. The molecule has 0 atom stereocenters. The first-order valence-corrected chi connectivity index (χ1v) is 6.56. The maximum Gasteiger partial charge on any atom is 0.337 e. The first-order chi connectivity index (χ1) is 8.70. The number of esters is 1. The van der Waals surface area contributed by atoms with Gasteiger partial charge in [-0.25, -0.2) is 9.78 Å². The molecule has 0 aliphatic rings. The molecule has 0 saturated carbocycles. The summed E-state index contributed by atoms with van der Waals surface area (Å²) in [6, 6.07) is 5.31. The molecule has 0 fully saturated rings. The molecule has 0 unspecified atom stereocenters. The van der Waals surface area contributed by atoms with Gasteiger partial charge in [0.05, 0.1) is 18.2 Å². The van der Waals surface area contributed by atoms with Crippen LogP contribution in [0.5, 0.6) is 0 Å². The molecule has 0 radical (unpaired) electrons. The number of hydrogen-bond donors (Lipinski definition) is 0. The maximum atomic E-state index is 11.5. The van der Waals surface area contributed by atoms with Gasteiger partial charge in [0, 0.05) is 21.5 Å². The minimum atomic E-state index is -0.375. The second-order valence-electron chi connectivity index (χ2n) is 3.83. The Hall–Kier alpha value is -1.65. The van der Waals surface area contributed by atoms with Crippen LogP contribution < -0.4 is 0 Å². The number of fused-ring (bicyclic) bond motifs is 3. The van der Waals surface area contributed by atoms with E-state index in [2.05, 4.69) is 4.98 Å². The van der Waals surface area contributed by atoms with Crippen molar-refractivity contribution in [2.24, 2.45) is 0 Å². The summed E-state index contributed by atoms with van der Waals surface area (Å²) in [6.07, 6.45) is 0. The lowest BCUT2D eigenvalue weighted by molar-refractivity contribution is 0.0601. The second kappa shape index (κ2) is 4.23. The molecule has 18 heavy (non-hydrogen) atoms. The van der Waals surface area contributed by atoms with Crippen LogP contribution in [-0.2, 0) is 4.74 Å². The monoisotopic (exact) mass is 277 g/mol. The topological polar surface area (TPSA) is 39.2 Å². The normalized spacial score (nSPS) is 11.0. The van der Waals surface area contributed by atoms with E-state index in [0.29, 0.717) is 16.2 Å². The number of pyridine rings is 1. The zero-order valence-electron chi connectivity index (χ0n) is 9.44. The minimum absolute atomic E-state index is 0.375. The Morgan fingerprint density at radius 3 is 2.83 bits per heavy atom. The van der Waals surface area contributed by atoms with Gasteiger partial charge >= 0.3 is 5.97 Å². The Morgan fingerprint density at radius 1 is 1.28 bits per heavy atom. The molecule has 0 bridgehead atoms. The standard InChI is InChI=1S/C13H8ClNO2S/c1-17-13(16)7-2-3-8-9-5-18-6-10(9)12(14)15-11(8)4-7/h2-6H,1H3. The quantitative estimate of drug-likeness (QED) is 0.500. The number of ether oxygens (including phenoxy) is 1. The first-order valence-electron chi connectivity index (χ1n) is 5.24. The molecule has 5 heteroatoms. The summed E-state index contributed by atoms with van der Waals surface area (Å²) in [5, 5.41) is 7.46. The summed E-state index contributed by atoms with van der Waals surface area (Å²) in [4.78, 5) is 15.8. The van der Waals surface area contributed by atoms with Crippen LogP contribution in [-0.4, -0.2) is 18.1 Å². The molecule has 3 rings (SSSR count). The molecular weight excluding hydrogens is 270 g/mol. The van der Waals surface area contributed by atoms with Gasteiger partial charge in [0.1, 0.15) is 5.15 Å². The smallest absolute Gasteiger partial charge is 0.337 e. The number of thiophene rings is 1. The molecule has 90 valence electrons. The molecule has 0 amide bonds. The van der Waals surface area contributed by atoms with Crippen LogP contribution in [0.25, 0.3) is 21.7 Å². The van der Waals surface area contributed by atoms with Crippen molar-refractivity contribution in [3.05, 3.63) is 39.7 Å². The average molecular weight is 278 g/mol. The Bertz CT molecular complexity index is 766. The van der Waals surface area contributed by atoms with Crippen molar-refractivity contribution >= 4 is 50.6 Å². The molecule has 2 aromatic heterocycles. The Morgan fingerprint density at radius 2 is 2.06 bits per heavy atom. The van der Waals surface area contributed by atoms with Crippen molar-refractivity contribution in [3.8, 4) is 0 Å². The summed E-state index contributed by atoms with van der Waals surface area (Å²) in [5.41, 5.74) is 1.18. The number of carbonyl (C=O) groups excluding carboxylic acids is 1. The number of carbonyl (C=O) groups is 1. The maximum absolute atomic E-state index is 11.5. The van der Waals surface area contributed by atoms with Gasteiger partial charge in [-0.05, 0) is 17.5 Å². The van der Waals surface area contributed by atoms with Crippen molar-refractivity contribution in [2.75, 3.05) is 7.11 Å². The van der Waals surface area contributed by atoms with Gasteiger partial charge < -0.3 is 4.74 Å². The Labute approximate surface area is 112 Å². The third-order valence-electron chi connectivity index (χ3n) is 2.81. The number of hydrogen-bond acceptors (Lipinski definition) is 4. The van der Waals surface area contributed by atoms with Gasteiger partial charge in [-0.1, -0.05) is 17.7 Å². The van der Waals surface area contributed by atoms with Gasteiger partial charge in [0.2, 0.25) is 0 Å². The third-order valence-corrected chi connectivity index (χ3v) is 3.84. The number of aromatic nitrogens is 1. The van der Waals surface area contributed by atoms with E-state index in [1.165, 1.54) is 7.11 Å². The molecular formula is C13H8ClNO2S. The summed E-state index contributed by atoms with van der Waals surface area (Å²) in [7, 11) is 1.36. The largest absolute Gasteiger partial charge is 0.465 e. The van der Waals surface area contributed by atoms with Crippen molar-refractivity contribution < 1.29 is 9.53 Å². The van der Waals surface area contributed by atoms with Gasteiger partial charge in [0.15, 0.2) is 0 Å². The van der Waals surface area contributed by atoms with Crippen LogP contribution in [0.2, 0.25) is 5.15 Å². The number of halogens is 1. The van der Waals surface area contributed by atoms with Gasteiger partial charge in [0.25, 0.3) is 0 Å². The van der Waals surface area contributed by atoms with Crippen molar-refractivity contribution in [1.29, 1.82) is 0 Å². The molecule has 0 N–H and O–H groups in total. The van der Waals surface area contributed by atoms with Crippen LogP contribution >= 0.6 is 22.9 Å². The van der Waals surface area contributed by atoms with Crippen LogP contribution in [0.15, 0.2) is 29.0 Å². The number of nitrogens with zero attached hydrogens (tertiary/aromatic N) is 1. The molecule has 2 heterocycles. The second-order valence-corrected chi connectivity index (χ2v) is 4.93. The molecule has 3 aromatic rings. The first kappa shape index (κ1) is 11.4. The lowest BCUT2D eigenvalue weighted by atomic mass is 10.1. The predicted molar refractivity (Wildman–Crippen MR) is 73.5 cm³/mol. The molecule has 3 nitrogen and oxygen atoms in total. The summed E-state index contributed by atoms with van der Waals surface area (Å²) < 4.78 is 4.69. The van der Waals surface area contributed by atoms with Gasteiger partial charge in [-0.3, -0.25) is 0 Å². The van der Waals surface area contributed by atoms with E-state index in [-0.39, 0.29) is 5.97 Å². The van der Waals surface area contributed by atoms with Crippen LogP contribution in [0.1, 0.15) is 10.4 Å². The van der Waals surface area contributed by atoms with E-state index in [4.69, 9.17) is 16.3 Å².